The van der Waals surface area contributed by atoms with Gasteiger partial charge < -0.3 is 9.73 Å². The zero-order chi connectivity index (χ0) is 13.4. The lowest BCUT2D eigenvalue weighted by Crippen LogP contribution is -2.39. The minimum atomic E-state index is -3.25. The third kappa shape index (κ3) is 5.20. The molecule has 1 aromatic rings. The van der Waals surface area contributed by atoms with Crippen LogP contribution in [0, 0.1) is 0 Å². The maximum absolute atomic E-state index is 11.9. The molecule has 0 aliphatic heterocycles. The van der Waals surface area contributed by atoms with Crippen LogP contribution in [0.2, 0.25) is 0 Å². The van der Waals surface area contributed by atoms with Gasteiger partial charge in [-0.25, -0.2) is 13.1 Å². The maximum atomic E-state index is 11.9. The quantitative estimate of drug-likeness (QED) is 0.662. The fourth-order valence-corrected chi connectivity index (χ4v) is 2.51. The van der Waals surface area contributed by atoms with Crippen LogP contribution < -0.4 is 10.0 Å². The van der Waals surface area contributed by atoms with Crippen molar-refractivity contribution in [3.05, 3.63) is 24.2 Å². The third-order valence-corrected chi connectivity index (χ3v) is 4.48. The number of furan rings is 1. The molecule has 18 heavy (non-hydrogen) atoms. The molecule has 0 bridgehead atoms. The van der Waals surface area contributed by atoms with Crippen LogP contribution in [-0.4, -0.2) is 33.3 Å². The minimum absolute atomic E-state index is 0.369. The number of hydrogen-bond acceptors (Lipinski definition) is 4. The van der Waals surface area contributed by atoms with E-state index in [1.54, 1.807) is 19.3 Å². The molecule has 0 amide bonds. The summed E-state index contributed by atoms with van der Waals surface area (Å²) in [7, 11) is -3.25. The molecular formula is C12H22N2O3S. The second-order valence-corrected chi connectivity index (χ2v) is 6.47. The molecule has 0 saturated carbocycles. The van der Waals surface area contributed by atoms with Gasteiger partial charge in [-0.1, -0.05) is 6.92 Å². The topological polar surface area (TPSA) is 71.3 Å². The Hall–Kier alpha value is -0.850. The van der Waals surface area contributed by atoms with Crippen LogP contribution in [0.3, 0.4) is 0 Å². The molecule has 6 heteroatoms. The van der Waals surface area contributed by atoms with Gasteiger partial charge in [-0.15, -0.1) is 0 Å². The number of rotatable bonds is 9. The number of hydrogen-bond donors (Lipinski definition) is 2. The predicted molar refractivity (Wildman–Crippen MR) is 72.0 cm³/mol. The summed E-state index contributed by atoms with van der Waals surface area (Å²) < 4.78 is 31.5. The largest absolute Gasteiger partial charge is 0.469 e. The van der Waals surface area contributed by atoms with Crippen LogP contribution >= 0.6 is 0 Å². The summed E-state index contributed by atoms with van der Waals surface area (Å²) in [5.74, 6) is 0.787. The van der Waals surface area contributed by atoms with Gasteiger partial charge >= 0.3 is 0 Å². The van der Waals surface area contributed by atoms with Crippen LogP contribution in [-0.2, 0) is 16.4 Å². The smallest absolute Gasteiger partial charge is 0.215 e. The Labute approximate surface area is 109 Å². The maximum Gasteiger partial charge on any atom is 0.215 e. The van der Waals surface area contributed by atoms with Gasteiger partial charge in [-0.3, -0.25) is 0 Å². The summed E-state index contributed by atoms with van der Waals surface area (Å²) in [5, 5.41) is 2.68. The summed E-state index contributed by atoms with van der Waals surface area (Å²) in [6, 6.07) is 3.63. The first-order chi connectivity index (χ1) is 8.56. The minimum Gasteiger partial charge on any atom is -0.469 e. The fourth-order valence-electron chi connectivity index (χ4n) is 1.51. The van der Waals surface area contributed by atoms with E-state index in [4.69, 9.17) is 4.42 Å². The highest BCUT2D eigenvalue weighted by Crippen LogP contribution is 2.01. The summed E-state index contributed by atoms with van der Waals surface area (Å²) in [6.07, 6.45) is 3.15. The Morgan fingerprint density at radius 1 is 1.39 bits per heavy atom. The van der Waals surface area contributed by atoms with E-state index in [-0.39, 0.29) is 0 Å². The van der Waals surface area contributed by atoms with E-state index in [0.29, 0.717) is 19.5 Å². The summed E-state index contributed by atoms with van der Waals surface area (Å²) in [5.41, 5.74) is 0. The molecule has 104 valence electrons. The Morgan fingerprint density at radius 3 is 2.78 bits per heavy atom. The highest BCUT2D eigenvalue weighted by Gasteiger charge is 2.19. The average molecular weight is 274 g/mol. The molecule has 0 aromatic carbocycles. The van der Waals surface area contributed by atoms with Crippen LogP contribution in [0.5, 0.6) is 0 Å². The molecule has 0 aliphatic carbocycles. The van der Waals surface area contributed by atoms with Crippen molar-refractivity contribution in [2.45, 2.75) is 31.9 Å². The zero-order valence-electron chi connectivity index (χ0n) is 11.0. The molecule has 0 aliphatic rings. The lowest BCUT2D eigenvalue weighted by Gasteiger charge is -2.14. The number of sulfonamides is 1. The zero-order valence-corrected chi connectivity index (χ0v) is 11.8. The molecule has 5 nitrogen and oxygen atoms in total. The molecule has 0 radical (unpaired) electrons. The van der Waals surface area contributed by atoms with E-state index in [9.17, 15) is 8.42 Å². The van der Waals surface area contributed by atoms with Crippen molar-refractivity contribution in [2.24, 2.45) is 0 Å². The molecule has 2 N–H and O–H groups in total. The molecule has 1 aromatic heterocycles. The Bertz CT molecular complexity index is 415. The van der Waals surface area contributed by atoms with E-state index in [1.807, 2.05) is 13.0 Å². The second-order valence-electron chi connectivity index (χ2n) is 4.28. The van der Waals surface area contributed by atoms with Crippen LogP contribution in [0.25, 0.3) is 0 Å². The average Bonchev–Trinajstić information content (AvgIpc) is 2.82. The molecule has 1 atom stereocenters. The highest BCUT2D eigenvalue weighted by molar-refractivity contribution is 7.90. The van der Waals surface area contributed by atoms with E-state index < -0.39 is 15.3 Å². The summed E-state index contributed by atoms with van der Waals surface area (Å²) >= 11 is 0. The number of nitrogens with one attached hydrogen (secondary N) is 2. The van der Waals surface area contributed by atoms with Crippen molar-refractivity contribution in [3.8, 4) is 0 Å². The fraction of sp³-hybridized carbons (Fsp3) is 0.667. The molecule has 1 heterocycles. The van der Waals surface area contributed by atoms with E-state index in [2.05, 4.69) is 10.0 Å². The standard InChI is InChI=1S/C12H22N2O3S/c1-3-7-13-10-11(2)18(15,16)14-8-6-12-5-4-9-17-12/h4-5,9,11,13-14H,3,6-8,10H2,1-2H3. The first-order valence-corrected chi connectivity index (χ1v) is 7.82. The van der Waals surface area contributed by atoms with Gasteiger partial charge in [0.15, 0.2) is 0 Å². The van der Waals surface area contributed by atoms with Crippen molar-refractivity contribution < 1.29 is 12.8 Å². The summed E-state index contributed by atoms with van der Waals surface area (Å²) in [6.45, 7) is 5.44. The molecule has 0 fully saturated rings. The van der Waals surface area contributed by atoms with E-state index in [0.717, 1.165) is 18.7 Å². The second kappa shape index (κ2) is 7.56. The van der Waals surface area contributed by atoms with Crippen molar-refractivity contribution in [1.82, 2.24) is 10.0 Å². The van der Waals surface area contributed by atoms with E-state index >= 15 is 0 Å². The van der Waals surface area contributed by atoms with Gasteiger partial charge in [0.1, 0.15) is 5.76 Å². The lowest BCUT2D eigenvalue weighted by molar-refractivity contribution is 0.504. The normalized spacial score (nSPS) is 13.7. The van der Waals surface area contributed by atoms with Crippen LogP contribution in [0.1, 0.15) is 26.0 Å². The SMILES string of the molecule is CCCNCC(C)S(=O)(=O)NCCc1ccco1. The van der Waals surface area contributed by atoms with Gasteiger partial charge in [0, 0.05) is 19.5 Å². The van der Waals surface area contributed by atoms with Crippen molar-refractivity contribution in [2.75, 3.05) is 19.6 Å². The Morgan fingerprint density at radius 2 is 2.17 bits per heavy atom. The predicted octanol–water partition coefficient (Wildman–Crippen LogP) is 1.13. The lowest BCUT2D eigenvalue weighted by atomic mass is 10.3. The molecular weight excluding hydrogens is 252 g/mol. The van der Waals surface area contributed by atoms with Crippen LogP contribution in [0.4, 0.5) is 0 Å². The Balaban J connectivity index is 2.30. The van der Waals surface area contributed by atoms with E-state index in [1.165, 1.54) is 0 Å². The van der Waals surface area contributed by atoms with Crippen LogP contribution in [0.15, 0.2) is 22.8 Å². The molecule has 1 unspecified atom stereocenters. The van der Waals surface area contributed by atoms with Gasteiger partial charge in [-0.2, -0.15) is 0 Å². The molecule has 0 saturated heterocycles. The first-order valence-electron chi connectivity index (χ1n) is 6.28. The molecule has 1 rings (SSSR count). The van der Waals surface area contributed by atoms with Gasteiger partial charge in [0.2, 0.25) is 10.0 Å². The highest BCUT2D eigenvalue weighted by atomic mass is 32.2. The first kappa shape index (κ1) is 15.2. The molecule has 0 spiro atoms. The van der Waals surface area contributed by atoms with Crippen molar-refractivity contribution >= 4 is 10.0 Å². The summed E-state index contributed by atoms with van der Waals surface area (Å²) in [4.78, 5) is 0. The van der Waals surface area contributed by atoms with Gasteiger partial charge in [0.25, 0.3) is 0 Å². The third-order valence-electron chi connectivity index (χ3n) is 2.64. The monoisotopic (exact) mass is 274 g/mol. The van der Waals surface area contributed by atoms with Crippen molar-refractivity contribution in [1.29, 1.82) is 0 Å². The van der Waals surface area contributed by atoms with Crippen molar-refractivity contribution in [3.63, 3.8) is 0 Å². The Kier molecular flexibility index (Phi) is 6.38. The van der Waals surface area contributed by atoms with Gasteiger partial charge in [0.05, 0.1) is 11.5 Å². The van der Waals surface area contributed by atoms with Gasteiger partial charge in [-0.05, 0) is 32.0 Å².